The van der Waals surface area contributed by atoms with E-state index in [4.69, 9.17) is 5.73 Å². The van der Waals surface area contributed by atoms with Crippen molar-refractivity contribution >= 4 is 34.0 Å². The van der Waals surface area contributed by atoms with E-state index in [0.29, 0.717) is 29.7 Å². The maximum absolute atomic E-state index is 13.8. The first-order valence-corrected chi connectivity index (χ1v) is 11.6. The fourth-order valence-corrected chi connectivity index (χ4v) is 4.28. The highest BCUT2D eigenvalue weighted by Crippen LogP contribution is 2.36. The van der Waals surface area contributed by atoms with Crippen LogP contribution in [0.15, 0.2) is 60.2 Å². The van der Waals surface area contributed by atoms with E-state index >= 15 is 0 Å². The third-order valence-electron chi connectivity index (χ3n) is 6.19. The SMILES string of the molecule is C=C(CCn1cnn(C)c1=O)c1cc2cc(C(F)(F)F)cc(C(=O)Nc3cccc(C(N)=O)c3)c2n1CC. The maximum atomic E-state index is 13.8. The average molecular weight is 527 g/mol. The van der Waals surface area contributed by atoms with Crippen LogP contribution in [0, 0.1) is 0 Å². The molecule has 0 radical (unpaired) electrons. The molecule has 2 amide bonds. The summed E-state index contributed by atoms with van der Waals surface area (Å²) in [5.74, 6) is -1.49. The Morgan fingerprint density at radius 2 is 1.89 bits per heavy atom. The molecule has 0 aliphatic rings. The lowest BCUT2D eigenvalue weighted by atomic mass is 10.0. The number of primary amides is 1. The highest BCUT2D eigenvalue weighted by atomic mass is 19.4. The Kier molecular flexibility index (Phi) is 6.99. The van der Waals surface area contributed by atoms with Crippen LogP contribution in [0.5, 0.6) is 0 Å². The van der Waals surface area contributed by atoms with Gasteiger partial charge < -0.3 is 15.6 Å². The summed E-state index contributed by atoms with van der Waals surface area (Å²) in [5.41, 5.74) is 5.59. The molecule has 0 bridgehead atoms. The fourth-order valence-electron chi connectivity index (χ4n) is 4.28. The molecule has 0 unspecified atom stereocenters. The van der Waals surface area contributed by atoms with Gasteiger partial charge in [0.1, 0.15) is 6.33 Å². The van der Waals surface area contributed by atoms with Gasteiger partial charge in [-0.25, -0.2) is 9.48 Å². The summed E-state index contributed by atoms with van der Waals surface area (Å²) in [7, 11) is 1.53. The highest BCUT2D eigenvalue weighted by molar-refractivity contribution is 6.13. The number of benzene rings is 2. The number of nitrogens with one attached hydrogen (secondary N) is 1. The van der Waals surface area contributed by atoms with Crippen LogP contribution < -0.4 is 16.7 Å². The van der Waals surface area contributed by atoms with Crippen molar-refractivity contribution < 1.29 is 22.8 Å². The van der Waals surface area contributed by atoms with Gasteiger partial charge in [-0.2, -0.15) is 18.3 Å². The van der Waals surface area contributed by atoms with E-state index < -0.39 is 23.6 Å². The largest absolute Gasteiger partial charge is 0.416 e. The molecule has 9 nitrogen and oxygen atoms in total. The van der Waals surface area contributed by atoms with Crippen molar-refractivity contribution in [2.45, 2.75) is 32.6 Å². The molecule has 0 fully saturated rings. The van der Waals surface area contributed by atoms with Crippen molar-refractivity contribution in [1.29, 1.82) is 0 Å². The van der Waals surface area contributed by atoms with E-state index in [0.717, 1.165) is 12.1 Å². The quantitative estimate of drug-likeness (QED) is 0.361. The lowest BCUT2D eigenvalue weighted by Gasteiger charge is -2.15. The number of halogens is 3. The van der Waals surface area contributed by atoms with E-state index in [1.165, 1.54) is 46.9 Å². The second-order valence-corrected chi connectivity index (χ2v) is 8.72. The second kappa shape index (κ2) is 10.0. The normalized spacial score (nSPS) is 11.6. The molecule has 4 rings (SSSR count). The monoisotopic (exact) mass is 526 g/mol. The Morgan fingerprint density at radius 3 is 2.50 bits per heavy atom. The zero-order chi connectivity index (χ0) is 27.8. The molecule has 38 heavy (non-hydrogen) atoms. The number of hydrogen-bond donors (Lipinski definition) is 2. The molecule has 3 N–H and O–H groups in total. The van der Waals surface area contributed by atoms with E-state index in [-0.39, 0.29) is 34.4 Å². The fraction of sp³-hybridized carbons (Fsp3) is 0.231. The Morgan fingerprint density at radius 1 is 1.16 bits per heavy atom. The van der Waals surface area contributed by atoms with Gasteiger partial charge in [0.2, 0.25) is 5.91 Å². The van der Waals surface area contributed by atoms with Gasteiger partial charge >= 0.3 is 11.9 Å². The summed E-state index contributed by atoms with van der Waals surface area (Å²) < 4.78 is 45.6. The van der Waals surface area contributed by atoms with Gasteiger partial charge in [0, 0.05) is 42.5 Å². The molecular weight excluding hydrogens is 501 g/mol. The Bertz CT molecular complexity index is 1630. The minimum atomic E-state index is -4.69. The van der Waals surface area contributed by atoms with Crippen molar-refractivity contribution in [3.05, 3.63) is 88.2 Å². The molecule has 2 aromatic heterocycles. The van der Waals surface area contributed by atoms with Crippen LogP contribution in [0.25, 0.3) is 16.5 Å². The predicted molar refractivity (Wildman–Crippen MR) is 137 cm³/mol. The first-order chi connectivity index (χ1) is 17.9. The maximum Gasteiger partial charge on any atom is 0.416 e. The molecule has 2 aromatic carbocycles. The standard InChI is InChI=1S/C26H25F3N6O3/c1-4-35-21(15(2)8-9-34-14-31-33(3)25(34)38)12-17-10-18(26(27,28)29)13-20(22(17)35)24(37)32-19-7-5-6-16(11-19)23(30)36/h5-7,10-14H,2,4,8-9H2,1,3H3,(H2,30,36)(H,32,37). The Hall–Kier alpha value is -4.61. The zero-order valence-electron chi connectivity index (χ0n) is 20.7. The van der Waals surface area contributed by atoms with Crippen LogP contribution in [0.1, 0.15) is 45.3 Å². The van der Waals surface area contributed by atoms with Crippen molar-refractivity contribution in [2.75, 3.05) is 5.32 Å². The van der Waals surface area contributed by atoms with Gasteiger partial charge in [-0.1, -0.05) is 12.6 Å². The number of amides is 2. The van der Waals surface area contributed by atoms with Gasteiger partial charge in [-0.15, -0.1) is 0 Å². The van der Waals surface area contributed by atoms with Gasteiger partial charge in [0.25, 0.3) is 5.91 Å². The number of aryl methyl sites for hydroxylation is 3. The van der Waals surface area contributed by atoms with Crippen LogP contribution in [0.4, 0.5) is 18.9 Å². The predicted octanol–water partition coefficient (Wildman–Crippen LogP) is 4.03. The summed E-state index contributed by atoms with van der Waals surface area (Å²) in [4.78, 5) is 36.9. The number of carbonyl (C=O) groups excluding carboxylic acids is 2. The van der Waals surface area contributed by atoms with Crippen LogP contribution in [0.2, 0.25) is 0 Å². The summed E-state index contributed by atoms with van der Waals surface area (Å²) in [5, 5.41) is 6.69. The Balaban J connectivity index is 1.77. The third-order valence-corrected chi connectivity index (χ3v) is 6.19. The van der Waals surface area contributed by atoms with Crippen molar-refractivity contribution in [3.63, 3.8) is 0 Å². The van der Waals surface area contributed by atoms with Crippen LogP contribution in [-0.2, 0) is 26.3 Å². The molecule has 2 heterocycles. The van der Waals surface area contributed by atoms with Gasteiger partial charge in [-0.3, -0.25) is 14.2 Å². The van der Waals surface area contributed by atoms with Gasteiger partial charge in [0.05, 0.1) is 16.6 Å². The van der Waals surface area contributed by atoms with E-state index in [2.05, 4.69) is 17.0 Å². The first-order valence-electron chi connectivity index (χ1n) is 11.6. The number of fused-ring (bicyclic) bond motifs is 1. The van der Waals surface area contributed by atoms with Crippen LogP contribution >= 0.6 is 0 Å². The third kappa shape index (κ3) is 5.10. The highest BCUT2D eigenvalue weighted by Gasteiger charge is 2.33. The van der Waals surface area contributed by atoms with Crippen molar-refractivity contribution in [2.24, 2.45) is 12.8 Å². The number of rotatable bonds is 8. The molecule has 198 valence electrons. The topological polar surface area (TPSA) is 117 Å². The summed E-state index contributed by atoms with van der Waals surface area (Å²) in [6, 6.07) is 9.17. The first kappa shape index (κ1) is 26.5. The van der Waals surface area contributed by atoms with E-state index in [1.54, 1.807) is 17.6 Å². The van der Waals surface area contributed by atoms with E-state index in [1.807, 2.05) is 0 Å². The second-order valence-electron chi connectivity index (χ2n) is 8.72. The molecule has 4 aromatic rings. The minimum absolute atomic E-state index is 0.139. The van der Waals surface area contributed by atoms with Crippen molar-refractivity contribution in [1.82, 2.24) is 18.9 Å². The smallest absolute Gasteiger partial charge is 0.366 e. The molecule has 0 aliphatic carbocycles. The number of nitrogens with two attached hydrogens (primary N) is 1. The van der Waals surface area contributed by atoms with Gasteiger partial charge in [-0.05, 0) is 55.3 Å². The molecule has 0 spiro atoms. The molecule has 0 saturated heterocycles. The number of alkyl halides is 3. The molecule has 12 heteroatoms. The number of allylic oxidation sites excluding steroid dienone is 1. The lowest BCUT2D eigenvalue weighted by Crippen LogP contribution is -2.22. The number of hydrogen-bond acceptors (Lipinski definition) is 4. The molecule has 0 saturated carbocycles. The summed E-state index contributed by atoms with van der Waals surface area (Å²) in [6.07, 6.45) is -2.96. The van der Waals surface area contributed by atoms with E-state index in [9.17, 15) is 27.6 Å². The summed E-state index contributed by atoms with van der Waals surface area (Å²) >= 11 is 0. The van der Waals surface area contributed by atoms with Crippen LogP contribution in [-0.4, -0.2) is 30.7 Å². The van der Waals surface area contributed by atoms with Crippen LogP contribution in [0.3, 0.4) is 0 Å². The number of carbonyl (C=O) groups is 2. The van der Waals surface area contributed by atoms with Gasteiger partial charge in [0.15, 0.2) is 0 Å². The zero-order valence-corrected chi connectivity index (χ0v) is 20.7. The molecule has 0 atom stereocenters. The van der Waals surface area contributed by atoms with Crippen molar-refractivity contribution in [3.8, 4) is 0 Å². The molecule has 0 aliphatic heterocycles. The Labute approximate surface area is 215 Å². The molecular formula is C26H25F3N6O3. The minimum Gasteiger partial charge on any atom is -0.366 e. The lowest BCUT2D eigenvalue weighted by molar-refractivity contribution is -0.137. The number of nitrogens with zero attached hydrogens (tertiary/aromatic N) is 4. The average Bonchev–Trinajstić information content (AvgIpc) is 3.40. The summed E-state index contributed by atoms with van der Waals surface area (Å²) in [6.45, 7) is 6.51. The number of aromatic nitrogens is 4. The number of anilines is 1.